The first-order chi connectivity index (χ1) is 9.40. The van der Waals surface area contributed by atoms with Crippen molar-refractivity contribution in [1.82, 2.24) is 5.32 Å². The summed E-state index contributed by atoms with van der Waals surface area (Å²) in [6.07, 6.45) is 2.62. The third-order valence-electron chi connectivity index (χ3n) is 3.47. The van der Waals surface area contributed by atoms with Crippen molar-refractivity contribution in [3.05, 3.63) is 34.1 Å². The third-order valence-corrected chi connectivity index (χ3v) is 3.47. The molecule has 7 heteroatoms. The van der Waals surface area contributed by atoms with Gasteiger partial charge in [0.25, 0.3) is 5.69 Å². The number of carbonyl (C=O) groups excluding carboxylic acids is 1. The first-order valence-electron chi connectivity index (χ1n) is 6.42. The standard InChI is InChI=1S/C13H16FN3O3/c1-13(4-2-3-5-15-13)12(18)16-10-6-9(14)7-11(8-10)17(19)20/h6-8,15H,2-5H2,1H3,(H,16,18). The van der Waals surface area contributed by atoms with Gasteiger partial charge in [-0.15, -0.1) is 0 Å². The highest BCUT2D eigenvalue weighted by molar-refractivity contribution is 5.98. The number of piperidine rings is 1. The molecule has 20 heavy (non-hydrogen) atoms. The first kappa shape index (κ1) is 14.4. The summed E-state index contributed by atoms with van der Waals surface area (Å²) in [7, 11) is 0. The summed E-state index contributed by atoms with van der Waals surface area (Å²) in [5.41, 5.74) is -1.02. The van der Waals surface area contributed by atoms with Crippen molar-refractivity contribution in [3.8, 4) is 0 Å². The molecule has 1 aliphatic rings. The van der Waals surface area contributed by atoms with Gasteiger partial charge in [-0.2, -0.15) is 0 Å². The fourth-order valence-electron chi connectivity index (χ4n) is 2.27. The molecule has 0 bridgehead atoms. The van der Waals surface area contributed by atoms with Crippen LogP contribution in [0.4, 0.5) is 15.8 Å². The number of nitrogens with zero attached hydrogens (tertiary/aromatic N) is 1. The van der Waals surface area contributed by atoms with Crippen LogP contribution in [-0.2, 0) is 4.79 Å². The molecule has 1 heterocycles. The van der Waals surface area contributed by atoms with Crippen molar-refractivity contribution < 1.29 is 14.1 Å². The van der Waals surface area contributed by atoms with Crippen LogP contribution >= 0.6 is 0 Å². The van der Waals surface area contributed by atoms with E-state index < -0.39 is 16.3 Å². The lowest BCUT2D eigenvalue weighted by Gasteiger charge is -2.33. The number of benzene rings is 1. The lowest BCUT2D eigenvalue weighted by molar-refractivity contribution is -0.385. The normalized spacial score (nSPS) is 22.3. The van der Waals surface area contributed by atoms with Crippen LogP contribution in [0.1, 0.15) is 26.2 Å². The van der Waals surface area contributed by atoms with Gasteiger partial charge < -0.3 is 10.6 Å². The molecule has 0 saturated carbocycles. The summed E-state index contributed by atoms with van der Waals surface area (Å²) in [4.78, 5) is 22.2. The molecular weight excluding hydrogens is 265 g/mol. The van der Waals surface area contributed by atoms with Gasteiger partial charge in [0.05, 0.1) is 22.2 Å². The Kier molecular flexibility index (Phi) is 3.99. The van der Waals surface area contributed by atoms with Crippen molar-refractivity contribution in [3.63, 3.8) is 0 Å². The average Bonchev–Trinajstić information content (AvgIpc) is 2.38. The van der Waals surface area contributed by atoms with Crippen molar-refractivity contribution in [1.29, 1.82) is 0 Å². The van der Waals surface area contributed by atoms with E-state index in [0.29, 0.717) is 6.42 Å². The van der Waals surface area contributed by atoms with E-state index in [0.717, 1.165) is 37.6 Å². The van der Waals surface area contributed by atoms with E-state index in [1.165, 1.54) is 0 Å². The van der Waals surface area contributed by atoms with E-state index in [1.54, 1.807) is 6.92 Å². The second-order valence-corrected chi connectivity index (χ2v) is 5.13. The lowest BCUT2D eigenvalue weighted by atomic mass is 9.90. The summed E-state index contributed by atoms with van der Waals surface area (Å²) in [5, 5.41) is 16.3. The molecule has 1 aliphatic heterocycles. The molecule has 2 N–H and O–H groups in total. The second kappa shape index (κ2) is 5.54. The van der Waals surface area contributed by atoms with Crippen molar-refractivity contribution in [2.75, 3.05) is 11.9 Å². The molecule has 1 amide bonds. The minimum absolute atomic E-state index is 0.0929. The Bertz CT molecular complexity index is 542. The number of hydrogen-bond donors (Lipinski definition) is 2. The van der Waals surface area contributed by atoms with Gasteiger partial charge in [0.15, 0.2) is 0 Å². The molecule has 2 rings (SSSR count). The van der Waals surface area contributed by atoms with Crippen LogP contribution in [0, 0.1) is 15.9 Å². The summed E-state index contributed by atoms with van der Waals surface area (Å²) in [6, 6.07) is 3.03. The molecule has 1 aromatic rings. The highest BCUT2D eigenvalue weighted by atomic mass is 19.1. The molecule has 1 unspecified atom stereocenters. The van der Waals surface area contributed by atoms with Gasteiger partial charge in [-0.25, -0.2) is 4.39 Å². The highest BCUT2D eigenvalue weighted by Crippen LogP contribution is 2.24. The van der Waals surface area contributed by atoms with Gasteiger partial charge in [-0.3, -0.25) is 14.9 Å². The SMILES string of the molecule is CC1(C(=O)Nc2cc(F)cc([N+](=O)[O-])c2)CCCCN1. The maximum atomic E-state index is 13.3. The summed E-state index contributed by atoms with van der Waals surface area (Å²) < 4.78 is 13.3. The Morgan fingerprint density at radius 3 is 2.80 bits per heavy atom. The molecule has 6 nitrogen and oxygen atoms in total. The zero-order valence-corrected chi connectivity index (χ0v) is 11.1. The maximum absolute atomic E-state index is 13.3. The Balaban J connectivity index is 2.17. The molecule has 0 aromatic heterocycles. The van der Waals surface area contributed by atoms with Crippen LogP contribution in [0.2, 0.25) is 0 Å². The van der Waals surface area contributed by atoms with Crippen molar-refractivity contribution in [2.24, 2.45) is 0 Å². The minimum atomic E-state index is -0.753. The summed E-state index contributed by atoms with van der Waals surface area (Å²) in [6.45, 7) is 2.52. The van der Waals surface area contributed by atoms with E-state index in [9.17, 15) is 19.3 Å². The second-order valence-electron chi connectivity index (χ2n) is 5.13. The fraction of sp³-hybridized carbons (Fsp3) is 0.462. The number of nitro groups is 1. The van der Waals surface area contributed by atoms with Crippen molar-refractivity contribution in [2.45, 2.75) is 31.7 Å². The number of halogens is 1. The number of rotatable bonds is 3. The van der Waals surface area contributed by atoms with Crippen molar-refractivity contribution >= 4 is 17.3 Å². The number of anilines is 1. The monoisotopic (exact) mass is 281 g/mol. The zero-order valence-electron chi connectivity index (χ0n) is 11.1. The lowest BCUT2D eigenvalue weighted by Crippen LogP contribution is -2.54. The third kappa shape index (κ3) is 3.11. The van der Waals surface area contributed by atoms with Crippen LogP contribution in [0.3, 0.4) is 0 Å². The van der Waals surface area contributed by atoms with Crippen LogP contribution in [0.5, 0.6) is 0 Å². The Labute approximate surface area is 115 Å². The smallest absolute Gasteiger partial charge is 0.274 e. The predicted octanol–water partition coefficient (Wildman–Crippen LogP) is 2.20. The van der Waals surface area contributed by atoms with Gasteiger partial charge in [0, 0.05) is 6.07 Å². The molecule has 0 spiro atoms. The zero-order chi connectivity index (χ0) is 14.8. The van der Waals surface area contributed by atoms with E-state index in [4.69, 9.17) is 0 Å². The van der Waals surface area contributed by atoms with Crippen LogP contribution in [0.15, 0.2) is 18.2 Å². The molecule has 1 atom stereocenters. The number of nitrogens with one attached hydrogen (secondary N) is 2. The predicted molar refractivity (Wildman–Crippen MR) is 71.9 cm³/mol. The van der Waals surface area contributed by atoms with Gasteiger partial charge >= 0.3 is 0 Å². The number of carbonyl (C=O) groups is 1. The summed E-state index contributed by atoms with van der Waals surface area (Å²) in [5.74, 6) is -1.06. The van der Waals surface area contributed by atoms with Crippen LogP contribution in [-0.4, -0.2) is 22.9 Å². The topological polar surface area (TPSA) is 84.3 Å². The number of non-ortho nitro benzene ring substituents is 1. The molecule has 1 aromatic carbocycles. The first-order valence-corrected chi connectivity index (χ1v) is 6.42. The number of amides is 1. The maximum Gasteiger partial charge on any atom is 0.274 e. The summed E-state index contributed by atoms with van der Waals surface area (Å²) >= 11 is 0. The van der Waals surface area contributed by atoms with E-state index in [-0.39, 0.29) is 17.3 Å². The molecule has 1 saturated heterocycles. The Morgan fingerprint density at radius 1 is 1.45 bits per heavy atom. The van der Waals surface area contributed by atoms with Crippen LogP contribution < -0.4 is 10.6 Å². The minimum Gasteiger partial charge on any atom is -0.324 e. The van der Waals surface area contributed by atoms with E-state index in [2.05, 4.69) is 10.6 Å². The molecular formula is C13H16FN3O3. The molecule has 108 valence electrons. The van der Waals surface area contributed by atoms with Gasteiger partial charge in [-0.1, -0.05) is 0 Å². The molecule has 1 fully saturated rings. The average molecular weight is 281 g/mol. The Hall–Kier alpha value is -2.02. The number of nitro benzene ring substituents is 1. The molecule has 0 aliphatic carbocycles. The molecule has 0 radical (unpaired) electrons. The van der Waals surface area contributed by atoms with E-state index in [1.807, 2.05) is 0 Å². The Morgan fingerprint density at radius 2 is 2.20 bits per heavy atom. The largest absolute Gasteiger partial charge is 0.324 e. The van der Waals surface area contributed by atoms with Crippen LogP contribution in [0.25, 0.3) is 0 Å². The van der Waals surface area contributed by atoms with Gasteiger partial charge in [-0.05, 0) is 38.8 Å². The fourth-order valence-corrected chi connectivity index (χ4v) is 2.27. The number of hydrogen-bond acceptors (Lipinski definition) is 4. The van der Waals surface area contributed by atoms with Gasteiger partial charge in [0.1, 0.15) is 5.82 Å². The highest BCUT2D eigenvalue weighted by Gasteiger charge is 2.34. The van der Waals surface area contributed by atoms with Gasteiger partial charge in [0.2, 0.25) is 5.91 Å². The quantitative estimate of drug-likeness (QED) is 0.657. The van der Waals surface area contributed by atoms with E-state index >= 15 is 0 Å².